The molecule has 2 heterocycles. The molecule has 4 N–H and O–H groups in total. The summed E-state index contributed by atoms with van der Waals surface area (Å²) in [6, 6.07) is 5.37. The Hall–Kier alpha value is -3.69. The largest absolute Gasteiger partial charge is 0.497 e. The van der Waals surface area contributed by atoms with Crippen molar-refractivity contribution in [3.8, 4) is 5.75 Å². The van der Waals surface area contributed by atoms with Crippen LogP contribution in [0.5, 0.6) is 5.75 Å². The number of H-pyrrole nitrogens is 2. The van der Waals surface area contributed by atoms with Gasteiger partial charge in [-0.15, -0.1) is 0 Å². The first kappa shape index (κ1) is 15.2. The van der Waals surface area contributed by atoms with Crippen LogP contribution < -0.4 is 20.9 Å². The summed E-state index contributed by atoms with van der Waals surface area (Å²) in [6.07, 6.45) is 1.31. The molecule has 2 aromatic heterocycles. The van der Waals surface area contributed by atoms with Crippen LogP contribution in [0.25, 0.3) is 11.2 Å². The number of hydrogen-bond donors (Lipinski definition) is 4. The lowest BCUT2D eigenvalue weighted by Gasteiger charge is -2.06. The van der Waals surface area contributed by atoms with Crippen molar-refractivity contribution in [3.05, 3.63) is 46.5 Å². The van der Waals surface area contributed by atoms with Crippen LogP contribution in [0.4, 0.5) is 10.7 Å². The van der Waals surface area contributed by atoms with E-state index in [1.165, 1.54) is 25.6 Å². The number of imide groups is 1. The van der Waals surface area contributed by atoms with Gasteiger partial charge in [-0.1, -0.05) is 0 Å². The Kier molecular flexibility index (Phi) is 3.93. The number of hydrogen-bond acceptors (Lipinski definition) is 6. The number of methoxy groups -OCH3 is 1. The molecule has 3 aromatic rings. The van der Waals surface area contributed by atoms with Gasteiger partial charge < -0.3 is 9.72 Å². The number of carbonyl (C=O) groups is 2. The SMILES string of the molecule is COc1ccc(C(=O)NC(=O)Nc2nc3nc[nH]c3c(=O)[nH]2)cc1. The van der Waals surface area contributed by atoms with Gasteiger partial charge >= 0.3 is 6.03 Å². The third-order valence-corrected chi connectivity index (χ3v) is 3.11. The Morgan fingerprint density at radius 3 is 2.67 bits per heavy atom. The molecule has 0 fully saturated rings. The Morgan fingerprint density at radius 1 is 1.21 bits per heavy atom. The van der Waals surface area contributed by atoms with Gasteiger partial charge in [-0.3, -0.25) is 25.2 Å². The number of carbonyl (C=O) groups excluding carboxylic acids is 2. The molecule has 0 aliphatic heterocycles. The Bertz CT molecular complexity index is 959. The summed E-state index contributed by atoms with van der Waals surface area (Å²) in [6.45, 7) is 0. The molecule has 0 aliphatic carbocycles. The van der Waals surface area contributed by atoms with Gasteiger partial charge in [-0.2, -0.15) is 4.98 Å². The summed E-state index contributed by atoms with van der Waals surface area (Å²) in [5.41, 5.74) is 0.121. The molecule has 0 radical (unpaired) electrons. The first-order chi connectivity index (χ1) is 11.6. The van der Waals surface area contributed by atoms with E-state index in [1.807, 2.05) is 0 Å². The summed E-state index contributed by atoms with van der Waals surface area (Å²) < 4.78 is 4.99. The van der Waals surface area contributed by atoms with Crippen LogP contribution in [-0.4, -0.2) is 39.0 Å². The second-order valence-corrected chi connectivity index (χ2v) is 4.65. The number of imidazole rings is 1. The molecule has 0 spiro atoms. The number of nitrogens with zero attached hydrogens (tertiary/aromatic N) is 2. The van der Waals surface area contributed by atoms with Crippen molar-refractivity contribution < 1.29 is 14.3 Å². The maximum absolute atomic E-state index is 12.0. The fraction of sp³-hybridized carbons (Fsp3) is 0.0714. The van der Waals surface area contributed by atoms with E-state index < -0.39 is 17.5 Å². The number of fused-ring (bicyclic) bond motifs is 1. The van der Waals surface area contributed by atoms with E-state index in [4.69, 9.17) is 4.74 Å². The van der Waals surface area contributed by atoms with E-state index in [9.17, 15) is 14.4 Å². The molecule has 0 saturated carbocycles. The fourth-order valence-electron chi connectivity index (χ4n) is 1.96. The lowest BCUT2D eigenvalue weighted by Crippen LogP contribution is -2.35. The lowest BCUT2D eigenvalue weighted by molar-refractivity contribution is 0.0967. The highest BCUT2D eigenvalue weighted by Crippen LogP contribution is 2.11. The Balaban J connectivity index is 1.69. The number of rotatable bonds is 3. The number of benzene rings is 1. The topological polar surface area (TPSA) is 142 Å². The number of urea groups is 1. The van der Waals surface area contributed by atoms with Crippen LogP contribution in [0.15, 0.2) is 35.4 Å². The first-order valence-corrected chi connectivity index (χ1v) is 6.76. The summed E-state index contributed by atoms with van der Waals surface area (Å²) in [4.78, 5) is 48.3. The molecule has 122 valence electrons. The van der Waals surface area contributed by atoms with E-state index in [0.717, 1.165) is 0 Å². The number of amides is 3. The molecule has 0 unspecified atom stereocenters. The van der Waals surface area contributed by atoms with Crippen molar-refractivity contribution in [1.82, 2.24) is 25.3 Å². The molecule has 1 aromatic carbocycles. The van der Waals surface area contributed by atoms with E-state index in [2.05, 4.69) is 30.6 Å². The summed E-state index contributed by atoms with van der Waals surface area (Å²) >= 11 is 0. The van der Waals surface area contributed by atoms with Crippen molar-refractivity contribution in [3.63, 3.8) is 0 Å². The molecule has 10 nitrogen and oxygen atoms in total. The Morgan fingerprint density at radius 2 is 1.96 bits per heavy atom. The molecule has 0 atom stereocenters. The molecule has 0 bridgehead atoms. The van der Waals surface area contributed by atoms with E-state index in [1.54, 1.807) is 12.1 Å². The van der Waals surface area contributed by atoms with Crippen molar-refractivity contribution in [2.24, 2.45) is 0 Å². The average molecular weight is 328 g/mol. The predicted octanol–water partition coefficient (Wildman–Crippen LogP) is 0.617. The fourth-order valence-corrected chi connectivity index (χ4v) is 1.96. The third kappa shape index (κ3) is 3.06. The van der Waals surface area contributed by atoms with Crippen LogP contribution in [0.3, 0.4) is 0 Å². The van der Waals surface area contributed by atoms with Gasteiger partial charge in [0.05, 0.1) is 13.4 Å². The van der Waals surface area contributed by atoms with Gasteiger partial charge in [0.25, 0.3) is 11.5 Å². The maximum atomic E-state index is 12.0. The maximum Gasteiger partial charge on any atom is 0.328 e. The molecular weight excluding hydrogens is 316 g/mol. The highest BCUT2D eigenvalue weighted by molar-refractivity contribution is 6.07. The zero-order chi connectivity index (χ0) is 17.1. The number of ether oxygens (including phenoxy) is 1. The molecular formula is C14H12N6O4. The molecule has 3 amide bonds. The molecule has 0 saturated heterocycles. The summed E-state index contributed by atoms with van der Waals surface area (Å²) in [5.74, 6) is -0.150. The molecule has 10 heteroatoms. The number of aromatic amines is 2. The van der Waals surface area contributed by atoms with Crippen LogP contribution in [0, 0.1) is 0 Å². The minimum Gasteiger partial charge on any atom is -0.497 e. The highest BCUT2D eigenvalue weighted by Gasteiger charge is 2.13. The second kappa shape index (κ2) is 6.20. The minimum absolute atomic E-state index is 0.125. The first-order valence-electron chi connectivity index (χ1n) is 6.76. The van der Waals surface area contributed by atoms with Crippen LogP contribution in [-0.2, 0) is 0 Å². The average Bonchev–Trinajstić information content (AvgIpc) is 3.03. The third-order valence-electron chi connectivity index (χ3n) is 3.11. The highest BCUT2D eigenvalue weighted by atomic mass is 16.5. The summed E-state index contributed by atoms with van der Waals surface area (Å²) in [5, 5.41) is 4.40. The van der Waals surface area contributed by atoms with E-state index >= 15 is 0 Å². The van der Waals surface area contributed by atoms with Crippen molar-refractivity contribution >= 4 is 29.1 Å². The quantitative estimate of drug-likeness (QED) is 0.555. The van der Waals surface area contributed by atoms with Gasteiger partial charge in [0, 0.05) is 5.56 Å². The lowest BCUT2D eigenvalue weighted by atomic mass is 10.2. The zero-order valence-electron chi connectivity index (χ0n) is 12.4. The second-order valence-electron chi connectivity index (χ2n) is 4.65. The van der Waals surface area contributed by atoms with Crippen LogP contribution >= 0.6 is 0 Å². The normalized spacial score (nSPS) is 10.4. The van der Waals surface area contributed by atoms with E-state index in [0.29, 0.717) is 5.75 Å². The number of aromatic nitrogens is 4. The van der Waals surface area contributed by atoms with Crippen molar-refractivity contribution in [2.75, 3.05) is 12.4 Å². The van der Waals surface area contributed by atoms with Crippen LogP contribution in [0.1, 0.15) is 10.4 Å². The van der Waals surface area contributed by atoms with E-state index in [-0.39, 0.29) is 22.7 Å². The van der Waals surface area contributed by atoms with Gasteiger partial charge in [-0.25, -0.2) is 9.78 Å². The van der Waals surface area contributed by atoms with Gasteiger partial charge in [0.2, 0.25) is 5.95 Å². The van der Waals surface area contributed by atoms with Crippen molar-refractivity contribution in [1.29, 1.82) is 0 Å². The van der Waals surface area contributed by atoms with Crippen LogP contribution in [0.2, 0.25) is 0 Å². The molecule has 24 heavy (non-hydrogen) atoms. The standard InChI is InChI=1S/C14H12N6O4/c1-24-8-4-2-7(3-5-8)11(21)19-14(23)20-13-17-10-9(12(22)18-13)15-6-16-10/h2-6H,1H3,(H4,15,16,17,18,19,20,21,22,23). The Labute approximate surface area is 134 Å². The van der Waals surface area contributed by atoms with Crippen molar-refractivity contribution in [2.45, 2.75) is 0 Å². The minimum atomic E-state index is -0.839. The van der Waals surface area contributed by atoms with Gasteiger partial charge in [-0.05, 0) is 24.3 Å². The smallest absolute Gasteiger partial charge is 0.328 e. The van der Waals surface area contributed by atoms with Gasteiger partial charge in [0.1, 0.15) is 5.75 Å². The molecule has 3 rings (SSSR count). The zero-order valence-corrected chi connectivity index (χ0v) is 12.4. The summed E-state index contributed by atoms with van der Waals surface area (Å²) in [7, 11) is 1.51. The number of anilines is 1. The molecule has 0 aliphatic rings. The monoisotopic (exact) mass is 328 g/mol. The number of nitrogens with one attached hydrogen (secondary N) is 4. The van der Waals surface area contributed by atoms with Gasteiger partial charge in [0.15, 0.2) is 11.2 Å². The predicted molar refractivity (Wildman–Crippen MR) is 84.0 cm³/mol.